The van der Waals surface area contributed by atoms with Crippen LogP contribution < -0.4 is 5.32 Å². The Labute approximate surface area is 130 Å². The number of aryl methyl sites for hydroxylation is 1. The molecule has 0 saturated heterocycles. The Bertz CT molecular complexity index is 676. The molecule has 0 spiro atoms. The Hall–Kier alpha value is -2.02. The summed E-state index contributed by atoms with van der Waals surface area (Å²) < 4.78 is 0.715. The molecule has 0 aliphatic carbocycles. The summed E-state index contributed by atoms with van der Waals surface area (Å²) in [6, 6.07) is 6.85. The van der Waals surface area contributed by atoms with Crippen LogP contribution in [0.3, 0.4) is 0 Å². The molecule has 0 fully saturated rings. The van der Waals surface area contributed by atoms with Crippen LogP contribution in [0.4, 0.5) is 11.5 Å². The first-order valence-electron chi connectivity index (χ1n) is 6.51. The number of benzene rings is 1. The molecule has 6 nitrogen and oxygen atoms in total. The van der Waals surface area contributed by atoms with Crippen LogP contribution in [0.5, 0.6) is 0 Å². The molecule has 0 saturated carbocycles. The predicted octanol–water partition coefficient (Wildman–Crippen LogP) is 3.63. The fourth-order valence-corrected chi connectivity index (χ4v) is 2.38. The van der Waals surface area contributed by atoms with Gasteiger partial charge in [-0.15, -0.1) is 0 Å². The van der Waals surface area contributed by atoms with E-state index in [1.807, 2.05) is 13.0 Å². The second-order valence-electron chi connectivity index (χ2n) is 4.52. The number of halogens is 1. The third-order valence-electron chi connectivity index (χ3n) is 3.13. The zero-order valence-electron chi connectivity index (χ0n) is 11.8. The maximum absolute atomic E-state index is 10.9. The van der Waals surface area contributed by atoms with E-state index in [1.54, 1.807) is 19.1 Å². The zero-order chi connectivity index (χ0) is 15.4. The highest BCUT2D eigenvalue weighted by Crippen LogP contribution is 2.22. The van der Waals surface area contributed by atoms with Crippen LogP contribution in [0, 0.1) is 17.0 Å². The highest BCUT2D eigenvalue weighted by Gasteiger charge is 2.13. The highest BCUT2D eigenvalue weighted by molar-refractivity contribution is 9.10. The maximum Gasteiger partial charge on any atom is 0.272 e. The average Bonchev–Trinajstić information content (AvgIpc) is 2.45. The number of anilines is 1. The highest BCUT2D eigenvalue weighted by atomic mass is 79.9. The summed E-state index contributed by atoms with van der Waals surface area (Å²) >= 11 is 3.34. The van der Waals surface area contributed by atoms with Crippen LogP contribution in [-0.2, 0) is 13.0 Å². The van der Waals surface area contributed by atoms with E-state index in [0.717, 1.165) is 17.8 Å². The Morgan fingerprint density at radius 1 is 1.38 bits per heavy atom. The lowest BCUT2D eigenvalue weighted by molar-refractivity contribution is -0.385. The van der Waals surface area contributed by atoms with E-state index in [1.165, 1.54) is 6.07 Å². The summed E-state index contributed by atoms with van der Waals surface area (Å²) in [5.74, 6) is 1.43. The molecule has 0 aliphatic rings. The minimum atomic E-state index is -0.366. The van der Waals surface area contributed by atoms with E-state index in [4.69, 9.17) is 0 Å². The van der Waals surface area contributed by atoms with E-state index in [-0.39, 0.29) is 10.6 Å². The van der Waals surface area contributed by atoms with Crippen molar-refractivity contribution in [3.05, 3.63) is 55.9 Å². The zero-order valence-corrected chi connectivity index (χ0v) is 13.3. The number of hydrogen-bond donors (Lipinski definition) is 1. The van der Waals surface area contributed by atoms with Crippen molar-refractivity contribution in [3.63, 3.8) is 0 Å². The number of nitrogens with zero attached hydrogens (tertiary/aromatic N) is 3. The summed E-state index contributed by atoms with van der Waals surface area (Å²) in [6.45, 7) is 4.21. The van der Waals surface area contributed by atoms with Crippen LogP contribution in [0.25, 0.3) is 0 Å². The van der Waals surface area contributed by atoms with Crippen LogP contribution in [0.2, 0.25) is 0 Å². The minimum Gasteiger partial charge on any atom is -0.366 e. The molecule has 2 rings (SSSR count). The monoisotopic (exact) mass is 350 g/mol. The summed E-state index contributed by atoms with van der Waals surface area (Å²) in [6.07, 6.45) is 0.740. The van der Waals surface area contributed by atoms with E-state index < -0.39 is 0 Å². The molecule has 1 aromatic heterocycles. The first kappa shape index (κ1) is 15.4. The van der Waals surface area contributed by atoms with E-state index in [9.17, 15) is 10.1 Å². The summed E-state index contributed by atoms with van der Waals surface area (Å²) in [4.78, 5) is 19.2. The van der Waals surface area contributed by atoms with Crippen molar-refractivity contribution in [1.82, 2.24) is 9.97 Å². The molecular formula is C14H15BrN4O2. The summed E-state index contributed by atoms with van der Waals surface area (Å²) in [5, 5.41) is 14.1. The van der Waals surface area contributed by atoms with Crippen molar-refractivity contribution in [1.29, 1.82) is 0 Å². The van der Waals surface area contributed by atoms with E-state index in [0.29, 0.717) is 22.5 Å². The van der Waals surface area contributed by atoms with Gasteiger partial charge in [0.05, 0.1) is 4.92 Å². The van der Waals surface area contributed by atoms with Crippen LogP contribution >= 0.6 is 15.9 Å². The van der Waals surface area contributed by atoms with Gasteiger partial charge in [-0.1, -0.05) is 19.1 Å². The van der Waals surface area contributed by atoms with Crippen LogP contribution in [0.15, 0.2) is 28.9 Å². The number of nitrogens with one attached hydrogen (secondary N) is 1. The van der Waals surface area contributed by atoms with Crippen molar-refractivity contribution < 1.29 is 4.92 Å². The van der Waals surface area contributed by atoms with Gasteiger partial charge in [0.15, 0.2) is 0 Å². The van der Waals surface area contributed by atoms with E-state index in [2.05, 4.69) is 31.2 Å². The van der Waals surface area contributed by atoms with Gasteiger partial charge in [0.25, 0.3) is 5.69 Å². The van der Waals surface area contributed by atoms with Gasteiger partial charge in [-0.05, 0) is 28.4 Å². The lowest BCUT2D eigenvalue weighted by Gasteiger charge is -2.09. The largest absolute Gasteiger partial charge is 0.366 e. The van der Waals surface area contributed by atoms with Gasteiger partial charge in [0.1, 0.15) is 16.2 Å². The molecule has 1 heterocycles. The van der Waals surface area contributed by atoms with Crippen LogP contribution in [-0.4, -0.2) is 14.9 Å². The van der Waals surface area contributed by atoms with Gasteiger partial charge in [-0.2, -0.15) is 0 Å². The second kappa shape index (κ2) is 6.62. The Kier molecular flexibility index (Phi) is 4.85. The van der Waals surface area contributed by atoms with Crippen molar-refractivity contribution in [2.45, 2.75) is 26.8 Å². The second-order valence-corrected chi connectivity index (χ2v) is 5.33. The molecular weight excluding hydrogens is 336 g/mol. The van der Waals surface area contributed by atoms with Gasteiger partial charge >= 0.3 is 0 Å². The van der Waals surface area contributed by atoms with E-state index >= 15 is 0 Å². The molecule has 1 aromatic carbocycles. The molecule has 0 unspecified atom stereocenters. The smallest absolute Gasteiger partial charge is 0.272 e. The van der Waals surface area contributed by atoms with Gasteiger partial charge in [-0.3, -0.25) is 10.1 Å². The molecule has 0 radical (unpaired) electrons. The first-order chi connectivity index (χ1) is 10.0. The Balaban J connectivity index is 2.19. The molecule has 2 aromatic rings. The fourth-order valence-electron chi connectivity index (χ4n) is 1.96. The minimum absolute atomic E-state index is 0.132. The lowest BCUT2D eigenvalue weighted by atomic mass is 10.1. The SMILES string of the molecule is CCc1nc(Br)cc(NCc2cccc([N+](=O)[O-])c2C)n1. The number of aromatic nitrogens is 2. The normalized spacial score (nSPS) is 10.4. The van der Waals surface area contributed by atoms with Gasteiger partial charge in [0, 0.05) is 30.7 Å². The standard InChI is InChI=1S/C14H15BrN4O2/c1-3-13-17-12(15)7-14(18-13)16-8-10-5-4-6-11(9(10)2)19(20)21/h4-7H,3,8H2,1-2H3,(H,16,17,18). The Morgan fingerprint density at radius 2 is 2.14 bits per heavy atom. The maximum atomic E-state index is 10.9. The first-order valence-corrected chi connectivity index (χ1v) is 7.30. The van der Waals surface area contributed by atoms with Gasteiger partial charge < -0.3 is 5.32 Å². The average molecular weight is 351 g/mol. The fraction of sp³-hybridized carbons (Fsp3) is 0.286. The molecule has 7 heteroatoms. The molecule has 110 valence electrons. The molecule has 0 aliphatic heterocycles. The molecule has 1 N–H and O–H groups in total. The third kappa shape index (κ3) is 3.75. The molecule has 21 heavy (non-hydrogen) atoms. The molecule has 0 amide bonds. The Morgan fingerprint density at radius 3 is 2.81 bits per heavy atom. The van der Waals surface area contributed by atoms with Crippen molar-refractivity contribution in [3.8, 4) is 0 Å². The van der Waals surface area contributed by atoms with Crippen molar-refractivity contribution >= 4 is 27.4 Å². The lowest BCUT2D eigenvalue weighted by Crippen LogP contribution is -2.06. The van der Waals surface area contributed by atoms with Gasteiger partial charge in [-0.25, -0.2) is 9.97 Å². The molecule has 0 atom stereocenters. The number of nitro benzene ring substituents is 1. The quantitative estimate of drug-likeness (QED) is 0.505. The predicted molar refractivity (Wildman–Crippen MR) is 84.3 cm³/mol. The third-order valence-corrected chi connectivity index (χ3v) is 3.54. The number of nitro groups is 1. The van der Waals surface area contributed by atoms with Crippen molar-refractivity contribution in [2.24, 2.45) is 0 Å². The van der Waals surface area contributed by atoms with Crippen molar-refractivity contribution in [2.75, 3.05) is 5.32 Å². The number of rotatable bonds is 5. The van der Waals surface area contributed by atoms with Gasteiger partial charge in [0.2, 0.25) is 0 Å². The van der Waals surface area contributed by atoms with Crippen LogP contribution in [0.1, 0.15) is 23.9 Å². The summed E-state index contributed by atoms with van der Waals surface area (Å²) in [7, 11) is 0. The summed E-state index contributed by atoms with van der Waals surface area (Å²) in [5.41, 5.74) is 1.67. The topological polar surface area (TPSA) is 81.0 Å². The molecule has 0 bridgehead atoms. The number of hydrogen-bond acceptors (Lipinski definition) is 5.